The van der Waals surface area contributed by atoms with E-state index in [4.69, 9.17) is 36.8 Å². The number of carbonyl (C=O) groups is 1. The van der Waals surface area contributed by atoms with E-state index in [0.29, 0.717) is 45.3 Å². The van der Waals surface area contributed by atoms with Crippen molar-refractivity contribution in [2.24, 2.45) is 0 Å². The third-order valence-electron chi connectivity index (χ3n) is 5.99. The quantitative estimate of drug-likeness (QED) is 0.379. The van der Waals surface area contributed by atoms with Crippen molar-refractivity contribution in [3.8, 4) is 11.5 Å². The highest BCUT2D eigenvalue weighted by Crippen LogP contribution is 2.34. The molecule has 174 valence electrons. The molecule has 3 aromatic carbocycles. The maximum absolute atomic E-state index is 13.4. The molecule has 0 spiro atoms. The standard InChI is InChI=1S/C26H20ClN5O3/c27-17-6-2-1-5-16(17)12-29-26(33)22-23-25(31-19-8-4-3-7-18(19)30-23)32(24(22)28)13-15-9-10-20-21(11-15)35-14-34-20/h1-11H,12-14,28H2,(H,29,33). The van der Waals surface area contributed by atoms with Gasteiger partial charge in [0.25, 0.3) is 5.91 Å². The Morgan fingerprint density at radius 3 is 2.57 bits per heavy atom. The second-order valence-electron chi connectivity index (χ2n) is 8.19. The minimum atomic E-state index is -0.346. The van der Waals surface area contributed by atoms with Gasteiger partial charge in [0.05, 0.1) is 17.6 Å². The smallest absolute Gasteiger partial charge is 0.257 e. The molecule has 0 saturated heterocycles. The van der Waals surface area contributed by atoms with Gasteiger partial charge in [0.15, 0.2) is 17.1 Å². The predicted molar refractivity (Wildman–Crippen MR) is 134 cm³/mol. The molecular formula is C26H20ClN5O3. The number of hydrogen-bond donors (Lipinski definition) is 2. The number of para-hydroxylation sites is 2. The second-order valence-corrected chi connectivity index (χ2v) is 8.60. The summed E-state index contributed by atoms with van der Waals surface area (Å²) in [6.45, 7) is 0.832. The normalized spacial score (nSPS) is 12.4. The lowest BCUT2D eigenvalue weighted by atomic mass is 10.2. The number of carbonyl (C=O) groups excluding carboxylic acids is 1. The minimum absolute atomic E-state index is 0.195. The number of nitrogens with zero attached hydrogens (tertiary/aromatic N) is 3. The molecule has 2 aromatic heterocycles. The Balaban J connectivity index is 1.43. The van der Waals surface area contributed by atoms with Crippen molar-refractivity contribution >= 4 is 45.5 Å². The van der Waals surface area contributed by atoms with E-state index in [-0.39, 0.29) is 30.6 Å². The molecule has 8 nitrogen and oxygen atoms in total. The van der Waals surface area contributed by atoms with Crippen LogP contribution in [0.15, 0.2) is 66.7 Å². The highest BCUT2D eigenvalue weighted by atomic mass is 35.5. The van der Waals surface area contributed by atoms with Gasteiger partial charge in [-0.05, 0) is 41.5 Å². The number of hydrogen-bond acceptors (Lipinski definition) is 6. The van der Waals surface area contributed by atoms with E-state index in [1.165, 1.54) is 0 Å². The van der Waals surface area contributed by atoms with Crippen molar-refractivity contribution < 1.29 is 14.3 Å². The molecule has 3 heterocycles. The molecular weight excluding hydrogens is 466 g/mol. The number of rotatable bonds is 5. The molecule has 1 amide bonds. The van der Waals surface area contributed by atoms with Crippen LogP contribution in [0, 0.1) is 0 Å². The molecule has 0 atom stereocenters. The molecule has 0 radical (unpaired) electrons. The average molecular weight is 486 g/mol. The molecule has 3 N–H and O–H groups in total. The van der Waals surface area contributed by atoms with Gasteiger partial charge < -0.3 is 25.1 Å². The summed E-state index contributed by atoms with van der Waals surface area (Å²) in [6, 6.07) is 20.6. The number of halogens is 1. The molecule has 9 heteroatoms. The molecule has 1 aliphatic heterocycles. The van der Waals surface area contributed by atoms with Crippen LogP contribution in [0.25, 0.3) is 22.2 Å². The Kier molecular flexibility index (Phi) is 5.15. The summed E-state index contributed by atoms with van der Waals surface area (Å²) < 4.78 is 12.7. The number of ether oxygens (including phenoxy) is 2. The second kappa shape index (κ2) is 8.48. The van der Waals surface area contributed by atoms with Gasteiger partial charge in [-0.2, -0.15) is 0 Å². The van der Waals surface area contributed by atoms with E-state index >= 15 is 0 Å². The van der Waals surface area contributed by atoms with Crippen LogP contribution in [0.2, 0.25) is 5.02 Å². The number of amides is 1. The van der Waals surface area contributed by atoms with Gasteiger partial charge in [-0.1, -0.05) is 48.0 Å². The lowest BCUT2D eigenvalue weighted by Crippen LogP contribution is -2.24. The van der Waals surface area contributed by atoms with E-state index in [1.54, 1.807) is 10.6 Å². The fraction of sp³-hybridized carbons (Fsp3) is 0.115. The van der Waals surface area contributed by atoms with Crippen LogP contribution in [0.5, 0.6) is 11.5 Å². The number of aromatic nitrogens is 3. The number of nitrogen functional groups attached to an aromatic ring is 1. The summed E-state index contributed by atoms with van der Waals surface area (Å²) in [5, 5.41) is 3.51. The highest BCUT2D eigenvalue weighted by molar-refractivity contribution is 6.31. The Morgan fingerprint density at radius 2 is 1.74 bits per heavy atom. The van der Waals surface area contributed by atoms with Crippen LogP contribution in [-0.4, -0.2) is 27.2 Å². The highest BCUT2D eigenvalue weighted by Gasteiger charge is 2.24. The summed E-state index contributed by atoms with van der Waals surface area (Å²) in [7, 11) is 0. The zero-order valence-electron chi connectivity index (χ0n) is 18.5. The zero-order valence-corrected chi connectivity index (χ0v) is 19.2. The van der Waals surface area contributed by atoms with Crippen molar-refractivity contribution in [3.63, 3.8) is 0 Å². The predicted octanol–water partition coefficient (Wildman–Crippen LogP) is 4.53. The summed E-state index contributed by atoms with van der Waals surface area (Å²) in [5.74, 6) is 1.31. The summed E-state index contributed by atoms with van der Waals surface area (Å²) in [5.41, 5.74) is 11.0. The van der Waals surface area contributed by atoms with Gasteiger partial charge in [0.2, 0.25) is 6.79 Å². The zero-order chi connectivity index (χ0) is 23.9. The van der Waals surface area contributed by atoms with Crippen LogP contribution in [0.3, 0.4) is 0 Å². The third kappa shape index (κ3) is 3.77. The Labute approximate surface area is 205 Å². The van der Waals surface area contributed by atoms with Gasteiger partial charge in [0, 0.05) is 11.6 Å². The first kappa shape index (κ1) is 21.2. The lowest BCUT2D eigenvalue weighted by Gasteiger charge is -2.09. The van der Waals surface area contributed by atoms with Crippen LogP contribution in [0.1, 0.15) is 21.5 Å². The number of fused-ring (bicyclic) bond motifs is 3. The van der Waals surface area contributed by atoms with Gasteiger partial charge in [-0.3, -0.25) is 4.79 Å². The molecule has 6 rings (SSSR count). The van der Waals surface area contributed by atoms with Crippen molar-refractivity contribution in [2.45, 2.75) is 13.1 Å². The molecule has 0 bridgehead atoms. The molecule has 0 unspecified atom stereocenters. The topological polar surface area (TPSA) is 104 Å². The summed E-state index contributed by atoms with van der Waals surface area (Å²) >= 11 is 6.26. The average Bonchev–Trinajstić information content (AvgIpc) is 3.44. The number of nitrogens with one attached hydrogen (secondary N) is 1. The Bertz CT molecular complexity index is 1610. The molecule has 0 fully saturated rings. The fourth-order valence-electron chi connectivity index (χ4n) is 4.23. The van der Waals surface area contributed by atoms with E-state index in [0.717, 1.165) is 11.1 Å². The SMILES string of the molecule is Nc1c(C(=O)NCc2ccccc2Cl)c2nc3ccccc3nc2n1Cc1ccc2c(c1)OCO2. The van der Waals surface area contributed by atoms with Gasteiger partial charge in [-0.15, -0.1) is 0 Å². The van der Waals surface area contributed by atoms with Gasteiger partial charge >= 0.3 is 0 Å². The van der Waals surface area contributed by atoms with Crippen LogP contribution >= 0.6 is 11.6 Å². The van der Waals surface area contributed by atoms with Gasteiger partial charge in [0.1, 0.15) is 16.9 Å². The third-order valence-corrected chi connectivity index (χ3v) is 6.36. The van der Waals surface area contributed by atoms with Crippen LogP contribution in [-0.2, 0) is 13.1 Å². The first-order valence-corrected chi connectivity index (χ1v) is 11.4. The molecule has 5 aromatic rings. The van der Waals surface area contributed by atoms with E-state index in [1.807, 2.05) is 60.7 Å². The van der Waals surface area contributed by atoms with Crippen molar-refractivity contribution in [3.05, 3.63) is 88.4 Å². The van der Waals surface area contributed by atoms with E-state index in [2.05, 4.69) is 5.32 Å². The molecule has 35 heavy (non-hydrogen) atoms. The minimum Gasteiger partial charge on any atom is -0.454 e. The molecule has 1 aliphatic rings. The van der Waals surface area contributed by atoms with Crippen LogP contribution < -0.4 is 20.5 Å². The van der Waals surface area contributed by atoms with Gasteiger partial charge in [-0.25, -0.2) is 9.97 Å². The summed E-state index contributed by atoms with van der Waals surface area (Å²) in [4.78, 5) is 22.9. The number of benzene rings is 3. The number of nitrogens with two attached hydrogens (primary N) is 1. The lowest BCUT2D eigenvalue weighted by molar-refractivity contribution is 0.0953. The van der Waals surface area contributed by atoms with Crippen molar-refractivity contribution in [1.82, 2.24) is 19.9 Å². The van der Waals surface area contributed by atoms with E-state index < -0.39 is 0 Å². The maximum atomic E-state index is 13.4. The Morgan fingerprint density at radius 1 is 1.00 bits per heavy atom. The molecule has 0 saturated carbocycles. The van der Waals surface area contributed by atoms with Crippen molar-refractivity contribution in [1.29, 1.82) is 0 Å². The fourth-order valence-corrected chi connectivity index (χ4v) is 4.43. The maximum Gasteiger partial charge on any atom is 0.257 e. The summed E-state index contributed by atoms with van der Waals surface area (Å²) in [6.07, 6.45) is 0. The Hall–Kier alpha value is -4.30. The largest absolute Gasteiger partial charge is 0.454 e. The van der Waals surface area contributed by atoms with Crippen molar-refractivity contribution in [2.75, 3.05) is 12.5 Å². The first-order valence-electron chi connectivity index (χ1n) is 11.0. The molecule has 0 aliphatic carbocycles. The monoisotopic (exact) mass is 485 g/mol. The first-order chi connectivity index (χ1) is 17.1. The van der Waals surface area contributed by atoms with E-state index in [9.17, 15) is 4.79 Å². The van der Waals surface area contributed by atoms with Crippen LogP contribution in [0.4, 0.5) is 5.82 Å². The number of anilines is 1.